The van der Waals surface area contributed by atoms with Gasteiger partial charge in [-0.3, -0.25) is 19.3 Å². The molecule has 5 rings (SSSR count). The summed E-state index contributed by atoms with van der Waals surface area (Å²) in [5.41, 5.74) is 0.847. The first-order chi connectivity index (χ1) is 19.1. The minimum Gasteiger partial charge on any atom is -0.492 e. The van der Waals surface area contributed by atoms with E-state index in [1.165, 1.54) is 25.2 Å². The maximum atomic E-state index is 13.6. The van der Waals surface area contributed by atoms with Crippen LogP contribution in [0.1, 0.15) is 15.9 Å². The maximum Gasteiger partial charge on any atom is 0.417 e. The van der Waals surface area contributed by atoms with Crippen LogP contribution in [0.5, 0.6) is 5.75 Å². The van der Waals surface area contributed by atoms with Gasteiger partial charge in [0.05, 0.1) is 35.1 Å². The number of fused-ring (bicyclic) bond motifs is 1. The summed E-state index contributed by atoms with van der Waals surface area (Å²) in [6.45, 7) is 0.141. The smallest absolute Gasteiger partial charge is 0.417 e. The summed E-state index contributed by atoms with van der Waals surface area (Å²) in [5, 5.41) is 11.5. The fourth-order valence-electron chi connectivity index (χ4n) is 4.21. The van der Waals surface area contributed by atoms with Gasteiger partial charge in [0.2, 0.25) is 0 Å². The third-order valence-corrected chi connectivity index (χ3v) is 6.22. The summed E-state index contributed by atoms with van der Waals surface area (Å²) in [7, 11) is 3.09. The highest BCUT2D eigenvalue weighted by atomic mass is 19.4. The predicted octanol–water partition coefficient (Wildman–Crippen LogP) is 4.32. The zero-order valence-corrected chi connectivity index (χ0v) is 21.4. The average Bonchev–Trinajstić information content (AvgIpc) is 3.38. The van der Waals surface area contributed by atoms with E-state index in [0.717, 1.165) is 38.8 Å². The number of nitrogens with zero attached hydrogens (tertiary/aromatic N) is 5. The first-order valence-electron chi connectivity index (χ1n) is 12.2. The van der Waals surface area contributed by atoms with Gasteiger partial charge in [-0.15, -0.1) is 0 Å². The van der Waals surface area contributed by atoms with Crippen LogP contribution in [0.2, 0.25) is 0 Å². The second kappa shape index (κ2) is 10.6. The van der Waals surface area contributed by atoms with E-state index in [4.69, 9.17) is 4.74 Å². The number of aromatic nitrogens is 5. The van der Waals surface area contributed by atoms with Crippen LogP contribution < -0.4 is 15.6 Å². The highest BCUT2D eigenvalue weighted by Gasteiger charge is 2.35. The third-order valence-electron chi connectivity index (χ3n) is 6.22. The molecule has 0 fully saturated rings. The predicted molar refractivity (Wildman–Crippen MR) is 142 cm³/mol. The van der Waals surface area contributed by atoms with Gasteiger partial charge in [0.1, 0.15) is 12.4 Å². The number of nitrogens with one attached hydrogen (secondary N) is 1. The molecule has 3 heterocycles. The topological polar surface area (TPSA) is 104 Å². The van der Waals surface area contributed by atoms with Crippen LogP contribution >= 0.6 is 0 Å². The Labute approximate surface area is 225 Å². The molecule has 0 unspecified atom stereocenters. The lowest BCUT2D eigenvalue weighted by Crippen LogP contribution is -2.25. The molecule has 0 aliphatic heterocycles. The molecule has 1 amide bonds. The number of pyridine rings is 1. The van der Waals surface area contributed by atoms with Gasteiger partial charge in [-0.05, 0) is 42.5 Å². The number of aryl methyl sites for hydroxylation is 1. The number of hydrogen-bond acceptors (Lipinski definition) is 6. The first-order valence-corrected chi connectivity index (χ1v) is 12.2. The summed E-state index contributed by atoms with van der Waals surface area (Å²) < 4.78 is 49.6. The van der Waals surface area contributed by atoms with Gasteiger partial charge in [0, 0.05) is 54.6 Å². The Balaban J connectivity index is 1.34. The monoisotopic (exact) mass is 548 g/mol. The van der Waals surface area contributed by atoms with Gasteiger partial charge >= 0.3 is 6.18 Å². The Hall–Kier alpha value is -5.00. The molecule has 12 heteroatoms. The molecule has 0 atom stereocenters. The summed E-state index contributed by atoms with van der Waals surface area (Å²) >= 11 is 0. The van der Waals surface area contributed by atoms with Gasteiger partial charge in [0.25, 0.3) is 11.5 Å². The molecule has 0 saturated carbocycles. The Kier molecular flexibility index (Phi) is 7.07. The van der Waals surface area contributed by atoms with Gasteiger partial charge in [0.15, 0.2) is 0 Å². The van der Waals surface area contributed by atoms with Gasteiger partial charge in [-0.1, -0.05) is 6.07 Å². The van der Waals surface area contributed by atoms with Crippen LogP contribution in [0, 0.1) is 0 Å². The number of hydrogen-bond donors (Lipinski definition) is 1. The number of halogens is 3. The van der Waals surface area contributed by atoms with E-state index in [-0.39, 0.29) is 24.4 Å². The molecule has 40 heavy (non-hydrogen) atoms. The molecule has 1 N–H and O–H groups in total. The molecular weight excluding hydrogens is 525 g/mol. The van der Waals surface area contributed by atoms with E-state index in [1.807, 2.05) is 31.4 Å². The van der Waals surface area contributed by atoms with Crippen molar-refractivity contribution in [2.75, 3.05) is 13.7 Å². The minimum absolute atomic E-state index is 0.0567. The lowest BCUT2D eigenvalue weighted by Gasteiger charge is -2.14. The number of rotatable bonds is 7. The van der Waals surface area contributed by atoms with Crippen molar-refractivity contribution in [2.45, 2.75) is 12.7 Å². The number of benzene rings is 2. The summed E-state index contributed by atoms with van der Waals surface area (Å²) in [5.74, 6) is -0.298. The molecule has 0 spiro atoms. The largest absolute Gasteiger partial charge is 0.492 e. The average molecular weight is 549 g/mol. The van der Waals surface area contributed by atoms with Crippen molar-refractivity contribution in [3.63, 3.8) is 0 Å². The van der Waals surface area contributed by atoms with Crippen LogP contribution in [-0.2, 0) is 19.8 Å². The second-order valence-corrected chi connectivity index (χ2v) is 8.95. The number of amides is 1. The molecule has 0 aliphatic rings. The number of carbonyl (C=O) groups is 1. The van der Waals surface area contributed by atoms with Gasteiger partial charge in [-0.25, -0.2) is 4.68 Å². The molecule has 0 radical (unpaired) electrons. The summed E-state index contributed by atoms with van der Waals surface area (Å²) in [6, 6.07) is 13.3. The van der Waals surface area contributed by atoms with Crippen LogP contribution in [-0.4, -0.2) is 44.1 Å². The van der Waals surface area contributed by atoms with Crippen molar-refractivity contribution >= 4 is 16.8 Å². The van der Waals surface area contributed by atoms with Crippen molar-refractivity contribution in [2.24, 2.45) is 7.05 Å². The lowest BCUT2D eigenvalue weighted by molar-refractivity contribution is -0.137. The van der Waals surface area contributed by atoms with Crippen LogP contribution in [0.3, 0.4) is 0 Å². The fraction of sp³-hybridized carbons (Fsp3) is 0.179. The van der Waals surface area contributed by atoms with Crippen molar-refractivity contribution in [3.8, 4) is 28.1 Å². The molecule has 0 bridgehead atoms. The van der Waals surface area contributed by atoms with Crippen LogP contribution in [0.15, 0.2) is 78.0 Å². The van der Waals surface area contributed by atoms with E-state index in [0.29, 0.717) is 5.75 Å². The van der Waals surface area contributed by atoms with E-state index >= 15 is 0 Å². The number of carbonyl (C=O) groups excluding carboxylic acids is 1. The zero-order chi connectivity index (χ0) is 28.4. The summed E-state index contributed by atoms with van der Waals surface area (Å²) in [6.07, 6.45) is 0.660. The SMILES string of the molecule is CNC(=O)c1ccc(-c2ccc(=O)n(CCOc3ccc4ncc(-c5cnn(C)c5)cc4c3)n2)cc1C(F)(F)F. The molecule has 204 valence electrons. The molecule has 9 nitrogen and oxygen atoms in total. The number of alkyl halides is 3. The first kappa shape index (κ1) is 26.6. The van der Waals surface area contributed by atoms with Crippen LogP contribution in [0.4, 0.5) is 13.2 Å². The quantitative estimate of drug-likeness (QED) is 0.325. The van der Waals surface area contributed by atoms with Crippen molar-refractivity contribution in [3.05, 3.63) is 94.7 Å². The summed E-state index contributed by atoms with van der Waals surface area (Å²) in [4.78, 5) is 28.8. The van der Waals surface area contributed by atoms with Crippen molar-refractivity contribution < 1.29 is 22.7 Å². The molecule has 2 aromatic carbocycles. The lowest BCUT2D eigenvalue weighted by atomic mass is 10.0. The van der Waals surface area contributed by atoms with Gasteiger partial charge in [-0.2, -0.15) is 23.4 Å². The van der Waals surface area contributed by atoms with Crippen molar-refractivity contribution in [1.82, 2.24) is 29.9 Å². The van der Waals surface area contributed by atoms with E-state index in [2.05, 4.69) is 20.5 Å². The molecule has 5 aromatic rings. The van der Waals surface area contributed by atoms with E-state index in [9.17, 15) is 22.8 Å². The van der Waals surface area contributed by atoms with Gasteiger partial charge < -0.3 is 10.1 Å². The number of ether oxygens (including phenoxy) is 1. The molecular formula is C28H23F3N6O3. The van der Waals surface area contributed by atoms with Crippen molar-refractivity contribution in [1.29, 1.82) is 0 Å². The molecule has 3 aromatic heterocycles. The second-order valence-electron chi connectivity index (χ2n) is 8.95. The van der Waals surface area contributed by atoms with Crippen LogP contribution in [0.25, 0.3) is 33.3 Å². The Morgan fingerprint density at radius 1 is 1.00 bits per heavy atom. The highest BCUT2D eigenvalue weighted by Crippen LogP contribution is 2.34. The maximum absolute atomic E-state index is 13.6. The Bertz CT molecular complexity index is 1780. The normalized spacial score (nSPS) is 11.5. The molecule has 0 aliphatic carbocycles. The van der Waals surface area contributed by atoms with E-state index < -0.39 is 28.8 Å². The standard InChI is InChI=1S/C28H23F3N6O3/c1-32-27(39)22-5-3-17(13-23(22)28(29,30)31)25-7-8-26(38)37(35-25)9-10-40-21-4-6-24-18(12-21)11-19(14-33-24)20-15-34-36(2)16-20/h3-8,11-16H,9-10H2,1-2H3,(H,32,39). The zero-order valence-electron chi connectivity index (χ0n) is 21.4. The van der Waals surface area contributed by atoms with E-state index in [1.54, 1.807) is 23.1 Å². The Morgan fingerprint density at radius 3 is 2.55 bits per heavy atom. The fourth-order valence-corrected chi connectivity index (χ4v) is 4.21. The Morgan fingerprint density at radius 2 is 1.82 bits per heavy atom. The molecule has 0 saturated heterocycles. The highest BCUT2D eigenvalue weighted by molar-refractivity contribution is 5.96. The third kappa shape index (κ3) is 5.55. The minimum atomic E-state index is -4.76.